The van der Waals surface area contributed by atoms with Crippen LogP contribution in [0.15, 0.2) is 194 Å². The molecule has 0 bridgehead atoms. The molecule has 0 aliphatic rings. The fourth-order valence-corrected chi connectivity index (χ4v) is 8.70. The minimum atomic E-state index is 1.22. The first-order valence-electron chi connectivity index (χ1n) is 18.1. The van der Waals surface area contributed by atoms with Crippen LogP contribution in [0.4, 0.5) is 0 Å². The van der Waals surface area contributed by atoms with E-state index in [9.17, 15) is 0 Å². The zero-order valence-corrected chi connectivity index (χ0v) is 28.5. The Morgan fingerprint density at radius 2 is 0.577 bits per heavy atom. The summed E-state index contributed by atoms with van der Waals surface area (Å²) in [6.45, 7) is 0. The average Bonchev–Trinajstić information content (AvgIpc) is 3.21. The zero-order valence-electron chi connectivity index (χ0n) is 28.5. The topological polar surface area (TPSA) is 0 Å². The van der Waals surface area contributed by atoms with Crippen LogP contribution in [0.3, 0.4) is 0 Å². The Bertz CT molecular complexity index is 3240. The molecule has 0 N–H and O–H groups in total. The molecule has 0 aliphatic carbocycles. The molecule has 11 aromatic carbocycles. The molecule has 0 amide bonds. The normalized spacial score (nSPS) is 11.8. The molecule has 0 spiro atoms. The van der Waals surface area contributed by atoms with Gasteiger partial charge in [0.05, 0.1) is 0 Å². The first-order chi connectivity index (χ1) is 25.8. The molecule has 0 nitrogen and oxygen atoms in total. The lowest BCUT2D eigenvalue weighted by Crippen LogP contribution is -1.89. The Balaban J connectivity index is 1.06. The van der Waals surface area contributed by atoms with E-state index in [1.54, 1.807) is 0 Å². The highest BCUT2D eigenvalue weighted by molar-refractivity contribution is 6.21. The van der Waals surface area contributed by atoms with Crippen LogP contribution < -0.4 is 0 Å². The number of rotatable bonds is 3. The van der Waals surface area contributed by atoms with Crippen LogP contribution >= 0.6 is 0 Å². The SMILES string of the molecule is c1cc(-c2ccc3cc(-c4c5ccccc5cc5c4ccc4ccccc45)ccc3c2)cc(-c2c3ccccc3cc3c2ccc2ccccc23)c1. The Kier molecular flexibility index (Phi) is 6.35. The standard InChI is InChI=1S/C52H32/c1-5-16-43-33(10-1)24-26-47-49(43)31-39-12-3-7-18-45(39)51(47)41-15-9-14-35(29-41)36-20-21-38-30-42(23-22-37(38)28-36)52-46-19-8-4-13-40(46)32-50-44-17-6-2-11-34(44)25-27-48(50)52/h1-32H. The van der Waals surface area contributed by atoms with E-state index >= 15 is 0 Å². The number of benzene rings is 11. The Morgan fingerprint density at radius 1 is 0.173 bits per heavy atom. The summed E-state index contributed by atoms with van der Waals surface area (Å²) >= 11 is 0. The molecular formula is C52H32. The van der Waals surface area contributed by atoms with Crippen LogP contribution in [0, 0.1) is 0 Å². The fourth-order valence-electron chi connectivity index (χ4n) is 8.70. The quantitative estimate of drug-likeness (QED) is 0.131. The second kappa shape index (κ2) is 11.4. The van der Waals surface area contributed by atoms with Crippen molar-refractivity contribution >= 4 is 75.4 Å². The third-order valence-electron chi connectivity index (χ3n) is 11.2. The second-order valence-corrected chi connectivity index (χ2v) is 14.1. The number of hydrogen-bond donors (Lipinski definition) is 0. The maximum atomic E-state index is 2.37. The summed E-state index contributed by atoms with van der Waals surface area (Å²) in [5, 5.41) is 17.9. The van der Waals surface area contributed by atoms with Crippen LogP contribution in [-0.2, 0) is 0 Å². The predicted molar refractivity (Wildman–Crippen MR) is 225 cm³/mol. The molecule has 240 valence electrons. The van der Waals surface area contributed by atoms with Gasteiger partial charge in [-0.2, -0.15) is 0 Å². The highest BCUT2D eigenvalue weighted by Crippen LogP contribution is 2.42. The molecule has 0 heteroatoms. The Labute approximate surface area is 301 Å². The van der Waals surface area contributed by atoms with Crippen molar-refractivity contribution in [2.24, 2.45) is 0 Å². The summed E-state index contributed by atoms with van der Waals surface area (Å²) in [7, 11) is 0. The number of fused-ring (bicyclic) bond motifs is 9. The molecule has 0 heterocycles. The summed E-state index contributed by atoms with van der Waals surface area (Å²) in [6, 6.07) is 71.9. The molecule has 11 rings (SSSR count). The van der Waals surface area contributed by atoms with Crippen LogP contribution in [-0.4, -0.2) is 0 Å². The van der Waals surface area contributed by atoms with Gasteiger partial charge in [-0.3, -0.25) is 0 Å². The van der Waals surface area contributed by atoms with Gasteiger partial charge in [0, 0.05) is 0 Å². The minimum Gasteiger partial charge on any atom is -0.0616 e. The van der Waals surface area contributed by atoms with Crippen molar-refractivity contribution in [3.8, 4) is 33.4 Å². The lowest BCUT2D eigenvalue weighted by Gasteiger charge is -2.16. The van der Waals surface area contributed by atoms with Gasteiger partial charge in [-0.25, -0.2) is 0 Å². The van der Waals surface area contributed by atoms with E-state index in [0.29, 0.717) is 0 Å². The first kappa shape index (κ1) is 29.0. The molecule has 0 aliphatic heterocycles. The van der Waals surface area contributed by atoms with Crippen molar-refractivity contribution in [2.45, 2.75) is 0 Å². The maximum absolute atomic E-state index is 2.37. The van der Waals surface area contributed by atoms with Gasteiger partial charge >= 0.3 is 0 Å². The summed E-state index contributed by atoms with van der Waals surface area (Å²) < 4.78 is 0. The molecule has 11 aromatic rings. The molecular weight excluding hydrogens is 625 g/mol. The van der Waals surface area contributed by atoms with Gasteiger partial charge < -0.3 is 0 Å². The van der Waals surface area contributed by atoms with Crippen LogP contribution in [0.2, 0.25) is 0 Å². The van der Waals surface area contributed by atoms with E-state index in [1.165, 1.54) is 109 Å². The monoisotopic (exact) mass is 656 g/mol. The van der Waals surface area contributed by atoms with E-state index in [0.717, 1.165) is 0 Å². The Morgan fingerprint density at radius 3 is 1.15 bits per heavy atom. The van der Waals surface area contributed by atoms with E-state index in [2.05, 4.69) is 194 Å². The summed E-state index contributed by atoms with van der Waals surface area (Å²) in [4.78, 5) is 0. The van der Waals surface area contributed by atoms with Gasteiger partial charge in [0.25, 0.3) is 0 Å². The molecule has 0 fully saturated rings. The average molecular weight is 657 g/mol. The van der Waals surface area contributed by atoms with E-state index in [1.807, 2.05) is 0 Å². The fraction of sp³-hybridized carbons (Fsp3) is 0. The van der Waals surface area contributed by atoms with Crippen molar-refractivity contribution in [3.63, 3.8) is 0 Å². The molecule has 0 radical (unpaired) electrons. The lowest BCUT2D eigenvalue weighted by molar-refractivity contribution is 1.63. The highest BCUT2D eigenvalue weighted by atomic mass is 14.2. The Hall–Kier alpha value is -6.76. The van der Waals surface area contributed by atoms with Gasteiger partial charge in [0.2, 0.25) is 0 Å². The second-order valence-electron chi connectivity index (χ2n) is 14.1. The lowest BCUT2D eigenvalue weighted by atomic mass is 9.88. The molecule has 0 saturated carbocycles. The van der Waals surface area contributed by atoms with Gasteiger partial charge in [-0.1, -0.05) is 164 Å². The predicted octanol–water partition coefficient (Wildman–Crippen LogP) is 14.8. The van der Waals surface area contributed by atoms with E-state index in [-0.39, 0.29) is 0 Å². The third kappa shape index (κ3) is 4.48. The molecule has 0 aromatic heterocycles. The van der Waals surface area contributed by atoms with E-state index < -0.39 is 0 Å². The van der Waals surface area contributed by atoms with Gasteiger partial charge in [0.15, 0.2) is 0 Å². The van der Waals surface area contributed by atoms with Gasteiger partial charge in [-0.15, -0.1) is 0 Å². The van der Waals surface area contributed by atoms with E-state index in [4.69, 9.17) is 0 Å². The van der Waals surface area contributed by atoms with Crippen molar-refractivity contribution in [2.75, 3.05) is 0 Å². The van der Waals surface area contributed by atoms with Crippen molar-refractivity contribution in [1.29, 1.82) is 0 Å². The molecule has 0 unspecified atom stereocenters. The third-order valence-corrected chi connectivity index (χ3v) is 11.2. The summed E-state index contributed by atoms with van der Waals surface area (Å²) in [5.74, 6) is 0. The maximum Gasteiger partial charge on any atom is -0.00264 e. The minimum absolute atomic E-state index is 1.22. The van der Waals surface area contributed by atoms with Crippen molar-refractivity contribution in [1.82, 2.24) is 0 Å². The summed E-state index contributed by atoms with van der Waals surface area (Å²) in [5.41, 5.74) is 7.51. The largest absolute Gasteiger partial charge is 0.0616 e. The highest BCUT2D eigenvalue weighted by Gasteiger charge is 2.15. The summed E-state index contributed by atoms with van der Waals surface area (Å²) in [6.07, 6.45) is 0. The van der Waals surface area contributed by atoms with Crippen molar-refractivity contribution in [3.05, 3.63) is 194 Å². The smallest absolute Gasteiger partial charge is 0.00264 e. The number of hydrogen-bond acceptors (Lipinski definition) is 0. The molecule has 52 heavy (non-hydrogen) atoms. The zero-order chi connectivity index (χ0) is 34.2. The van der Waals surface area contributed by atoms with Gasteiger partial charge in [0.1, 0.15) is 0 Å². The van der Waals surface area contributed by atoms with Crippen LogP contribution in [0.5, 0.6) is 0 Å². The van der Waals surface area contributed by atoms with Crippen molar-refractivity contribution < 1.29 is 0 Å². The van der Waals surface area contributed by atoms with Crippen LogP contribution in [0.1, 0.15) is 0 Å². The molecule has 0 saturated heterocycles. The van der Waals surface area contributed by atoms with Crippen LogP contribution in [0.25, 0.3) is 109 Å². The first-order valence-corrected chi connectivity index (χ1v) is 18.1. The molecule has 0 atom stereocenters. The van der Waals surface area contributed by atoms with Gasteiger partial charge in [-0.05, 0) is 139 Å².